The Morgan fingerprint density at radius 2 is 2.08 bits per heavy atom. The number of hydrogen-bond acceptors (Lipinski definition) is 4. The summed E-state index contributed by atoms with van der Waals surface area (Å²) in [6, 6.07) is 0.390. The maximum atomic E-state index is 4.88. The molecule has 1 atom stereocenters. The molecule has 0 spiro atoms. The summed E-state index contributed by atoms with van der Waals surface area (Å²) < 4.78 is 2.30. The van der Waals surface area contributed by atoms with E-state index in [9.17, 15) is 0 Å². The highest BCUT2D eigenvalue weighted by atomic mass is 32.2. The van der Waals surface area contributed by atoms with Crippen LogP contribution in [0.25, 0.3) is 0 Å². The molecule has 3 heterocycles. The summed E-state index contributed by atoms with van der Waals surface area (Å²) in [4.78, 5) is 4.88. The van der Waals surface area contributed by atoms with Gasteiger partial charge in [0.25, 0.3) is 0 Å². The Morgan fingerprint density at radius 1 is 1.28 bits per heavy atom. The minimum atomic E-state index is 0.390. The molecule has 2 N–H and O–H groups in total. The van der Waals surface area contributed by atoms with Crippen LogP contribution in [0.5, 0.6) is 0 Å². The SMILES string of the molecule is CCNC(=NCC1CCSCC1)NC1CCc2nnc(C(C)C)n2C1. The van der Waals surface area contributed by atoms with Crippen molar-refractivity contribution >= 4 is 17.7 Å². The Bertz CT molecular complexity index is 576. The molecule has 0 saturated carbocycles. The summed E-state index contributed by atoms with van der Waals surface area (Å²) >= 11 is 2.08. The van der Waals surface area contributed by atoms with Crippen LogP contribution in [-0.4, -0.2) is 51.4 Å². The van der Waals surface area contributed by atoms with E-state index in [0.29, 0.717) is 12.0 Å². The number of hydrogen-bond donors (Lipinski definition) is 2. The van der Waals surface area contributed by atoms with Crippen LogP contribution in [0.4, 0.5) is 0 Å². The highest BCUT2D eigenvalue weighted by Crippen LogP contribution is 2.23. The number of aromatic nitrogens is 3. The first-order chi connectivity index (χ1) is 12.2. The monoisotopic (exact) mass is 364 g/mol. The minimum absolute atomic E-state index is 0.390. The van der Waals surface area contributed by atoms with E-state index in [1.165, 1.54) is 24.3 Å². The van der Waals surface area contributed by atoms with Gasteiger partial charge in [-0.25, -0.2) is 0 Å². The fraction of sp³-hybridized carbons (Fsp3) is 0.833. The van der Waals surface area contributed by atoms with Crippen molar-refractivity contribution in [1.82, 2.24) is 25.4 Å². The standard InChI is InChI=1S/C18H32N6S/c1-4-19-18(20-11-14-7-9-25-10-8-14)21-15-5-6-16-22-23-17(13(2)3)24(16)12-15/h13-15H,4-12H2,1-3H3,(H2,19,20,21). The quantitative estimate of drug-likeness (QED) is 0.620. The summed E-state index contributed by atoms with van der Waals surface area (Å²) in [5.74, 6) is 6.94. The van der Waals surface area contributed by atoms with E-state index in [1.54, 1.807) is 0 Å². The van der Waals surface area contributed by atoms with Crippen molar-refractivity contribution < 1.29 is 0 Å². The van der Waals surface area contributed by atoms with E-state index in [1.807, 2.05) is 0 Å². The third-order valence-corrected chi connectivity index (χ3v) is 6.07. The van der Waals surface area contributed by atoms with Gasteiger partial charge in [-0.2, -0.15) is 11.8 Å². The lowest BCUT2D eigenvalue weighted by atomic mass is 10.0. The topological polar surface area (TPSA) is 67.1 Å². The van der Waals surface area contributed by atoms with E-state index in [0.717, 1.165) is 56.0 Å². The van der Waals surface area contributed by atoms with Crippen LogP contribution in [0, 0.1) is 5.92 Å². The first kappa shape index (κ1) is 18.5. The number of nitrogens with zero attached hydrogens (tertiary/aromatic N) is 4. The number of guanidine groups is 1. The summed E-state index contributed by atoms with van der Waals surface area (Å²) in [5.41, 5.74) is 0. The van der Waals surface area contributed by atoms with Gasteiger partial charge in [0.2, 0.25) is 0 Å². The lowest BCUT2D eigenvalue weighted by Gasteiger charge is -2.28. The normalized spacial score (nSPS) is 22.1. The first-order valence-electron chi connectivity index (χ1n) is 9.72. The molecule has 0 aromatic carbocycles. The lowest BCUT2D eigenvalue weighted by molar-refractivity contribution is 0.407. The molecular formula is C18H32N6S. The largest absolute Gasteiger partial charge is 0.357 e. The second-order valence-corrected chi connectivity index (χ2v) is 8.62. The molecule has 1 aromatic heterocycles. The van der Waals surface area contributed by atoms with Gasteiger partial charge in [0.1, 0.15) is 11.6 Å². The Morgan fingerprint density at radius 3 is 2.80 bits per heavy atom. The van der Waals surface area contributed by atoms with Gasteiger partial charge in [-0.1, -0.05) is 13.8 Å². The molecule has 0 aliphatic carbocycles. The number of rotatable bonds is 5. The molecule has 6 nitrogen and oxygen atoms in total. The van der Waals surface area contributed by atoms with Crippen LogP contribution in [0.2, 0.25) is 0 Å². The van der Waals surface area contributed by atoms with Crippen LogP contribution >= 0.6 is 11.8 Å². The van der Waals surface area contributed by atoms with Crippen LogP contribution in [-0.2, 0) is 13.0 Å². The number of fused-ring (bicyclic) bond motifs is 1. The first-order valence-corrected chi connectivity index (χ1v) is 10.9. The molecular weight excluding hydrogens is 332 g/mol. The summed E-state index contributed by atoms with van der Waals surface area (Å²) in [6.45, 7) is 9.26. The molecule has 1 fully saturated rings. The van der Waals surface area contributed by atoms with Crippen molar-refractivity contribution in [3.63, 3.8) is 0 Å². The second-order valence-electron chi connectivity index (χ2n) is 7.40. The molecule has 25 heavy (non-hydrogen) atoms. The molecule has 0 amide bonds. The Labute approximate surface area is 155 Å². The highest BCUT2D eigenvalue weighted by Gasteiger charge is 2.24. The summed E-state index contributed by atoms with van der Waals surface area (Å²) in [5, 5.41) is 15.8. The van der Waals surface area contributed by atoms with Crippen molar-refractivity contribution in [3.8, 4) is 0 Å². The average molecular weight is 365 g/mol. The Hall–Kier alpha value is -1.24. The van der Waals surface area contributed by atoms with Crippen molar-refractivity contribution in [1.29, 1.82) is 0 Å². The van der Waals surface area contributed by atoms with Crippen molar-refractivity contribution in [2.24, 2.45) is 10.9 Å². The van der Waals surface area contributed by atoms with Gasteiger partial charge in [-0.05, 0) is 43.6 Å². The fourth-order valence-electron chi connectivity index (χ4n) is 3.56. The average Bonchev–Trinajstić information content (AvgIpc) is 3.04. The number of thioether (sulfide) groups is 1. The molecule has 1 unspecified atom stereocenters. The molecule has 1 aromatic rings. The van der Waals surface area contributed by atoms with E-state index in [-0.39, 0.29) is 0 Å². The molecule has 2 aliphatic rings. The highest BCUT2D eigenvalue weighted by molar-refractivity contribution is 7.99. The number of aliphatic imine (C=N–C) groups is 1. The third-order valence-electron chi connectivity index (χ3n) is 5.03. The molecule has 7 heteroatoms. The summed E-state index contributed by atoms with van der Waals surface area (Å²) in [7, 11) is 0. The zero-order chi connectivity index (χ0) is 17.6. The van der Waals surface area contributed by atoms with Crippen molar-refractivity contribution in [3.05, 3.63) is 11.6 Å². The van der Waals surface area contributed by atoms with E-state index in [4.69, 9.17) is 4.99 Å². The van der Waals surface area contributed by atoms with E-state index in [2.05, 4.69) is 57.9 Å². The van der Waals surface area contributed by atoms with Gasteiger partial charge < -0.3 is 15.2 Å². The van der Waals surface area contributed by atoms with Gasteiger partial charge in [0.15, 0.2) is 5.96 Å². The van der Waals surface area contributed by atoms with Gasteiger partial charge >= 0.3 is 0 Å². The van der Waals surface area contributed by atoms with Gasteiger partial charge in [-0.15, -0.1) is 10.2 Å². The third kappa shape index (κ3) is 4.90. The van der Waals surface area contributed by atoms with E-state index < -0.39 is 0 Å². The lowest BCUT2D eigenvalue weighted by Crippen LogP contribution is -2.47. The predicted molar refractivity (Wildman–Crippen MR) is 105 cm³/mol. The molecule has 140 valence electrons. The van der Waals surface area contributed by atoms with Crippen molar-refractivity contribution in [2.45, 2.75) is 65.0 Å². The zero-order valence-corrected chi connectivity index (χ0v) is 16.6. The maximum absolute atomic E-state index is 4.88. The van der Waals surface area contributed by atoms with Crippen LogP contribution in [0.1, 0.15) is 57.6 Å². The Balaban J connectivity index is 1.61. The maximum Gasteiger partial charge on any atom is 0.191 e. The number of aryl methyl sites for hydroxylation is 1. The van der Waals surface area contributed by atoms with Crippen LogP contribution < -0.4 is 10.6 Å². The summed E-state index contributed by atoms with van der Waals surface area (Å²) in [6.07, 6.45) is 4.68. The molecule has 0 bridgehead atoms. The fourth-order valence-corrected chi connectivity index (χ4v) is 4.76. The van der Waals surface area contributed by atoms with Gasteiger partial charge in [-0.3, -0.25) is 4.99 Å². The van der Waals surface area contributed by atoms with Crippen LogP contribution in [0.15, 0.2) is 4.99 Å². The molecule has 2 aliphatic heterocycles. The second kappa shape index (κ2) is 8.92. The van der Waals surface area contributed by atoms with Gasteiger partial charge in [0.05, 0.1) is 0 Å². The molecule has 3 rings (SSSR count). The van der Waals surface area contributed by atoms with Crippen LogP contribution in [0.3, 0.4) is 0 Å². The van der Waals surface area contributed by atoms with Gasteiger partial charge in [0, 0.05) is 38.0 Å². The Kier molecular flexibility index (Phi) is 6.62. The zero-order valence-electron chi connectivity index (χ0n) is 15.8. The molecule has 0 radical (unpaired) electrons. The number of nitrogens with one attached hydrogen (secondary N) is 2. The van der Waals surface area contributed by atoms with E-state index >= 15 is 0 Å². The smallest absolute Gasteiger partial charge is 0.191 e. The minimum Gasteiger partial charge on any atom is -0.357 e. The predicted octanol–water partition coefficient (Wildman–Crippen LogP) is 2.41. The van der Waals surface area contributed by atoms with Crippen molar-refractivity contribution in [2.75, 3.05) is 24.6 Å². The molecule has 1 saturated heterocycles.